The third-order valence-corrected chi connectivity index (χ3v) is 3.93. The van der Waals surface area contributed by atoms with Crippen molar-refractivity contribution in [1.29, 1.82) is 0 Å². The molecule has 0 bridgehead atoms. The van der Waals surface area contributed by atoms with Crippen molar-refractivity contribution in [1.82, 2.24) is 9.97 Å². The van der Waals surface area contributed by atoms with Crippen molar-refractivity contribution in [2.75, 3.05) is 29.5 Å². The number of nitrogens with zero attached hydrogens (tertiary/aromatic N) is 3. The average Bonchev–Trinajstić information content (AvgIpc) is 2.51. The van der Waals surface area contributed by atoms with Crippen LogP contribution in [0.25, 0.3) is 0 Å². The van der Waals surface area contributed by atoms with Gasteiger partial charge in [0.2, 0.25) is 0 Å². The molecule has 0 saturated heterocycles. The molecule has 0 radical (unpaired) electrons. The summed E-state index contributed by atoms with van der Waals surface area (Å²) in [7, 11) is 2.01. The van der Waals surface area contributed by atoms with Crippen LogP contribution in [0.4, 0.5) is 23.0 Å². The fourth-order valence-electron chi connectivity index (χ4n) is 2.31. The molecule has 22 heavy (non-hydrogen) atoms. The largest absolute Gasteiger partial charge is 0.393 e. The quantitative estimate of drug-likeness (QED) is 0.852. The van der Waals surface area contributed by atoms with E-state index in [0.717, 1.165) is 30.9 Å². The van der Waals surface area contributed by atoms with Crippen LogP contribution in [-0.4, -0.2) is 23.6 Å². The van der Waals surface area contributed by atoms with Crippen LogP contribution >= 0.6 is 0 Å². The summed E-state index contributed by atoms with van der Waals surface area (Å²) in [5.41, 5.74) is 10.3. The first-order chi connectivity index (χ1) is 10.5. The Kier molecular flexibility index (Phi) is 5.20. The molecule has 0 aliphatic carbocycles. The highest BCUT2D eigenvalue weighted by Crippen LogP contribution is 2.29. The number of hydrogen-bond acceptors (Lipinski definition) is 5. The van der Waals surface area contributed by atoms with E-state index >= 15 is 0 Å². The Morgan fingerprint density at radius 2 is 2.00 bits per heavy atom. The lowest BCUT2D eigenvalue weighted by Crippen LogP contribution is -2.21. The first-order valence-corrected chi connectivity index (χ1v) is 7.69. The lowest BCUT2D eigenvalue weighted by atomic mass is 10.1. The van der Waals surface area contributed by atoms with E-state index in [2.05, 4.69) is 47.0 Å². The maximum atomic E-state index is 6.26. The van der Waals surface area contributed by atoms with Crippen LogP contribution in [0.5, 0.6) is 0 Å². The third-order valence-electron chi connectivity index (χ3n) is 3.93. The zero-order valence-electron chi connectivity index (χ0n) is 13.8. The molecule has 1 heterocycles. The van der Waals surface area contributed by atoms with Gasteiger partial charge >= 0.3 is 0 Å². The number of hydrogen-bond donors (Lipinski definition) is 2. The number of nitrogens with two attached hydrogens (primary N) is 1. The van der Waals surface area contributed by atoms with E-state index in [1.165, 1.54) is 11.1 Å². The molecule has 0 spiro atoms. The smallest absolute Gasteiger partial charge is 0.159 e. The summed E-state index contributed by atoms with van der Waals surface area (Å²) in [6, 6.07) is 6.15. The van der Waals surface area contributed by atoms with Crippen LogP contribution in [0.2, 0.25) is 0 Å². The number of nitrogen functional groups attached to an aromatic ring is 1. The SMILES string of the molecule is CCCCN(C)c1ncnc(Nc2cccc(C)c2C)c1N. The Morgan fingerprint density at radius 3 is 2.73 bits per heavy atom. The summed E-state index contributed by atoms with van der Waals surface area (Å²) >= 11 is 0. The van der Waals surface area contributed by atoms with Crippen molar-refractivity contribution in [3.63, 3.8) is 0 Å². The lowest BCUT2D eigenvalue weighted by Gasteiger charge is -2.21. The number of aryl methyl sites for hydroxylation is 1. The predicted molar refractivity (Wildman–Crippen MR) is 93.8 cm³/mol. The Balaban J connectivity index is 2.27. The molecule has 0 atom stereocenters. The summed E-state index contributed by atoms with van der Waals surface area (Å²) < 4.78 is 0. The minimum absolute atomic E-state index is 0.585. The van der Waals surface area contributed by atoms with E-state index in [1.807, 2.05) is 19.2 Å². The number of aromatic nitrogens is 2. The fraction of sp³-hybridized carbons (Fsp3) is 0.412. The maximum absolute atomic E-state index is 6.26. The van der Waals surface area contributed by atoms with Gasteiger partial charge < -0.3 is 16.0 Å². The van der Waals surface area contributed by atoms with Crippen molar-refractivity contribution in [3.05, 3.63) is 35.7 Å². The summed E-state index contributed by atoms with van der Waals surface area (Å²) in [5, 5.41) is 3.33. The first kappa shape index (κ1) is 16.1. The van der Waals surface area contributed by atoms with Gasteiger partial charge in [-0.05, 0) is 37.5 Å². The predicted octanol–water partition coefficient (Wildman–Crippen LogP) is 3.66. The van der Waals surface area contributed by atoms with Crippen LogP contribution in [0.15, 0.2) is 24.5 Å². The molecular weight excluding hydrogens is 274 g/mol. The molecule has 1 aromatic carbocycles. The maximum Gasteiger partial charge on any atom is 0.159 e. The summed E-state index contributed by atoms with van der Waals surface area (Å²) in [4.78, 5) is 10.7. The van der Waals surface area contributed by atoms with Crippen LogP contribution in [0.3, 0.4) is 0 Å². The van der Waals surface area contributed by atoms with Gasteiger partial charge in [-0.3, -0.25) is 0 Å². The number of benzene rings is 1. The number of anilines is 4. The Bertz CT molecular complexity index is 639. The van der Waals surface area contributed by atoms with Gasteiger partial charge in [0.1, 0.15) is 12.0 Å². The molecule has 3 N–H and O–H groups in total. The number of rotatable bonds is 6. The molecule has 0 aliphatic heterocycles. The summed E-state index contributed by atoms with van der Waals surface area (Å²) in [6.45, 7) is 7.28. The molecule has 118 valence electrons. The van der Waals surface area contributed by atoms with E-state index in [4.69, 9.17) is 5.73 Å². The second-order valence-corrected chi connectivity index (χ2v) is 5.61. The van der Waals surface area contributed by atoms with Gasteiger partial charge in [-0.25, -0.2) is 9.97 Å². The highest BCUT2D eigenvalue weighted by atomic mass is 15.2. The second-order valence-electron chi connectivity index (χ2n) is 5.61. The van der Waals surface area contributed by atoms with E-state index in [1.54, 1.807) is 6.33 Å². The number of unbranched alkanes of at least 4 members (excludes halogenated alkanes) is 1. The van der Waals surface area contributed by atoms with Crippen molar-refractivity contribution in [2.24, 2.45) is 0 Å². The molecule has 2 aromatic rings. The van der Waals surface area contributed by atoms with Gasteiger partial charge in [-0.15, -0.1) is 0 Å². The molecule has 5 nitrogen and oxygen atoms in total. The van der Waals surface area contributed by atoms with Crippen molar-refractivity contribution >= 4 is 23.0 Å². The van der Waals surface area contributed by atoms with Gasteiger partial charge in [-0.1, -0.05) is 25.5 Å². The normalized spacial score (nSPS) is 10.5. The molecule has 0 amide bonds. The minimum atomic E-state index is 0.585. The molecule has 0 saturated carbocycles. The van der Waals surface area contributed by atoms with E-state index in [0.29, 0.717) is 11.5 Å². The highest BCUT2D eigenvalue weighted by molar-refractivity contribution is 5.79. The highest BCUT2D eigenvalue weighted by Gasteiger charge is 2.12. The molecule has 1 aromatic heterocycles. The lowest BCUT2D eigenvalue weighted by molar-refractivity contribution is 0.759. The van der Waals surface area contributed by atoms with Gasteiger partial charge in [0.25, 0.3) is 0 Å². The number of nitrogens with one attached hydrogen (secondary N) is 1. The van der Waals surface area contributed by atoms with Crippen molar-refractivity contribution in [3.8, 4) is 0 Å². The third kappa shape index (κ3) is 3.47. The molecule has 0 fully saturated rings. The van der Waals surface area contributed by atoms with Crippen LogP contribution in [-0.2, 0) is 0 Å². The van der Waals surface area contributed by atoms with E-state index in [9.17, 15) is 0 Å². The van der Waals surface area contributed by atoms with Gasteiger partial charge in [0.05, 0.1) is 0 Å². The standard InChI is InChI=1S/C17H25N5/c1-5-6-10-22(4)17-15(18)16(19-11-20-17)21-14-9-7-8-12(2)13(14)3/h7-9,11H,5-6,10,18H2,1-4H3,(H,19,20,21). The molecule has 0 unspecified atom stereocenters. The topological polar surface area (TPSA) is 67.1 Å². The van der Waals surface area contributed by atoms with Gasteiger partial charge in [0.15, 0.2) is 11.6 Å². The van der Waals surface area contributed by atoms with Crippen LogP contribution in [0, 0.1) is 13.8 Å². The first-order valence-electron chi connectivity index (χ1n) is 7.69. The van der Waals surface area contributed by atoms with E-state index < -0.39 is 0 Å². The van der Waals surface area contributed by atoms with E-state index in [-0.39, 0.29) is 0 Å². The van der Waals surface area contributed by atoms with Gasteiger partial charge in [-0.2, -0.15) is 0 Å². The Hall–Kier alpha value is -2.30. The monoisotopic (exact) mass is 299 g/mol. The molecular formula is C17H25N5. The fourth-order valence-corrected chi connectivity index (χ4v) is 2.31. The minimum Gasteiger partial charge on any atom is -0.393 e. The molecule has 5 heteroatoms. The van der Waals surface area contributed by atoms with Crippen LogP contribution < -0.4 is 16.0 Å². The zero-order chi connectivity index (χ0) is 16.1. The Labute approximate surface area is 132 Å². The van der Waals surface area contributed by atoms with Crippen LogP contribution in [0.1, 0.15) is 30.9 Å². The summed E-state index contributed by atoms with van der Waals surface area (Å²) in [5.74, 6) is 1.43. The van der Waals surface area contributed by atoms with Gasteiger partial charge in [0, 0.05) is 19.3 Å². The van der Waals surface area contributed by atoms with Crippen molar-refractivity contribution < 1.29 is 0 Å². The molecule has 0 aliphatic rings. The Morgan fingerprint density at radius 1 is 1.23 bits per heavy atom. The summed E-state index contributed by atoms with van der Waals surface area (Å²) in [6.07, 6.45) is 3.81. The second kappa shape index (κ2) is 7.11. The zero-order valence-corrected chi connectivity index (χ0v) is 13.8. The molecule has 2 rings (SSSR count). The van der Waals surface area contributed by atoms with Crippen molar-refractivity contribution in [2.45, 2.75) is 33.6 Å². The average molecular weight is 299 g/mol.